The van der Waals surface area contributed by atoms with Gasteiger partial charge in [-0.3, -0.25) is 0 Å². The highest BCUT2D eigenvalue weighted by atomic mass is 32.1. The summed E-state index contributed by atoms with van der Waals surface area (Å²) in [6, 6.07) is 7.32. The third-order valence-corrected chi connectivity index (χ3v) is 4.63. The second kappa shape index (κ2) is 6.02. The van der Waals surface area contributed by atoms with E-state index in [0.717, 1.165) is 30.0 Å². The van der Waals surface area contributed by atoms with E-state index < -0.39 is 0 Å². The summed E-state index contributed by atoms with van der Waals surface area (Å²) < 4.78 is 13.0. The van der Waals surface area contributed by atoms with Crippen LogP contribution in [0.15, 0.2) is 24.3 Å². The second-order valence-electron chi connectivity index (χ2n) is 5.30. The maximum atomic E-state index is 13.0. The molecule has 1 aromatic carbocycles. The fourth-order valence-corrected chi connectivity index (χ4v) is 3.26. The smallest absolute Gasteiger partial charge is 0.123 e. The number of nitrogens with zero attached hydrogens (tertiary/aromatic N) is 1. The maximum absolute atomic E-state index is 13.0. The van der Waals surface area contributed by atoms with E-state index >= 15 is 0 Å². The summed E-state index contributed by atoms with van der Waals surface area (Å²) in [4.78, 5) is 6.09. The molecule has 0 amide bonds. The van der Waals surface area contributed by atoms with E-state index in [0.29, 0.717) is 6.04 Å². The van der Waals surface area contributed by atoms with Gasteiger partial charge in [-0.05, 0) is 43.5 Å². The standard InChI is InChI=1S/C16H19FN2S/c1-2-3-14-15(10-18-13-8-9-13)20-16(19-14)11-4-6-12(17)7-5-11/h4-7,13,18H,2-3,8-10H2,1H3. The average molecular weight is 290 g/mol. The molecular formula is C16H19FN2S. The lowest BCUT2D eigenvalue weighted by Gasteiger charge is -2.01. The molecule has 1 aromatic heterocycles. The molecule has 1 aliphatic carbocycles. The number of rotatable bonds is 6. The molecule has 20 heavy (non-hydrogen) atoms. The molecule has 2 aromatic rings. The molecule has 1 saturated carbocycles. The molecule has 3 rings (SSSR count). The zero-order chi connectivity index (χ0) is 13.9. The summed E-state index contributed by atoms with van der Waals surface area (Å²) in [6.07, 6.45) is 4.71. The van der Waals surface area contributed by atoms with Gasteiger partial charge in [-0.2, -0.15) is 0 Å². The van der Waals surface area contributed by atoms with E-state index in [1.54, 1.807) is 11.3 Å². The number of hydrogen-bond donors (Lipinski definition) is 1. The minimum Gasteiger partial charge on any atom is -0.309 e. The predicted octanol–water partition coefficient (Wildman–Crippen LogP) is 4.15. The SMILES string of the molecule is CCCc1nc(-c2ccc(F)cc2)sc1CNC1CC1. The zero-order valence-corrected chi connectivity index (χ0v) is 12.5. The van der Waals surface area contributed by atoms with Gasteiger partial charge in [0.1, 0.15) is 10.8 Å². The Kier molecular flexibility index (Phi) is 4.13. The number of halogens is 1. The third kappa shape index (κ3) is 3.25. The fraction of sp³-hybridized carbons (Fsp3) is 0.438. The van der Waals surface area contributed by atoms with E-state index in [-0.39, 0.29) is 5.82 Å². The van der Waals surface area contributed by atoms with Crippen LogP contribution in [0.1, 0.15) is 36.8 Å². The first kappa shape index (κ1) is 13.7. The zero-order valence-electron chi connectivity index (χ0n) is 11.7. The summed E-state index contributed by atoms with van der Waals surface area (Å²) in [7, 11) is 0. The van der Waals surface area contributed by atoms with Gasteiger partial charge < -0.3 is 5.32 Å². The van der Waals surface area contributed by atoms with Crippen LogP contribution in [0, 0.1) is 5.82 Å². The van der Waals surface area contributed by atoms with E-state index in [1.807, 2.05) is 12.1 Å². The van der Waals surface area contributed by atoms with Gasteiger partial charge in [-0.25, -0.2) is 9.37 Å². The summed E-state index contributed by atoms with van der Waals surface area (Å²) >= 11 is 1.73. The molecule has 1 fully saturated rings. The number of aromatic nitrogens is 1. The molecule has 0 bridgehead atoms. The van der Waals surface area contributed by atoms with E-state index in [9.17, 15) is 4.39 Å². The fourth-order valence-electron chi connectivity index (χ4n) is 2.19. The van der Waals surface area contributed by atoms with Crippen molar-refractivity contribution in [3.8, 4) is 10.6 Å². The van der Waals surface area contributed by atoms with Crippen molar-refractivity contribution in [1.29, 1.82) is 0 Å². The largest absolute Gasteiger partial charge is 0.309 e. The topological polar surface area (TPSA) is 24.9 Å². The highest BCUT2D eigenvalue weighted by Crippen LogP contribution is 2.30. The Morgan fingerprint density at radius 1 is 1.30 bits per heavy atom. The average Bonchev–Trinajstić information content (AvgIpc) is 3.19. The highest BCUT2D eigenvalue weighted by molar-refractivity contribution is 7.15. The Labute approximate surface area is 123 Å². The van der Waals surface area contributed by atoms with Crippen LogP contribution in [0.3, 0.4) is 0 Å². The number of hydrogen-bond acceptors (Lipinski definition) is 3. The van der Waals surface area contributed by atoms with Gasteiger partial charge in [-0.15, -0.1) is 11.3 Å². The molecule has 1 heterocycles. The van der Waals surface area contributed by atoms with Crippen LogP contribution in [0.4, 0.5) is 4.39 Å². The number of nitrogens with one attached hydrogen (secondary N) is 1. The molecule has 0 saturated heterocycles. The van der Waals surface area contributed by atoms with E-state index in [2.05, 4.69) is 12.2 Å². The number of aryl methyl sites for hydroxylation is 1. The van der Waals surface area contributed by atoms with Crippen molar-refractivity contribution in [2.75, 3.05) is 0 Å². The molecule has 0 spiro atoms. The number of benzene rings is 1. The van der Waals surface area contributed by atoms with Crippen LogP contribution in [-0.2, 0) is 13.0 Å². The Morgan fingerprint density at radius 2 is 2.05 bits per heavy atom. The van der Waals surface area contributed by atoms with Crippen molar-refractivity contribution in [3.05, 3.63) is 40.7 Å². The molecule has 1 N–H and O–H groups in total. The Bertz CT molecular complexity index is 573. The van der Waals surface area contributed by atoms with Gasteiger partial charge in [0.05, 0.1) is 5.69 Å². The Morgan fingerprint density at radius 3 is 2.70 bits per heavy atom. The first-order valence-corrected chi connectivity index (χ1v) is 8.06. The minimum absolute atomic E-state index is 0.199. The second-order valence-corrected chi connectivity index (χ2v) is 6.38. The third-order valence-electron chi connectivity index (χ3n) is 3.48. The summed E-state index contributed by atoms with van der Waals surface area (Å²) in [5.74, 6) is -0.199. The lowest BCUT2D eigenvalue weighted by atomic mass is 10.2. The van der Waals surface area contributed by atoms with Gasteiger partial charge in [0.2, 0.25) is 0 Å². The molecule has 0 radical (unpaired) electrons. The van der Waals surface area contributed by atoms with Crippen molar-refractivity contribution >= 4 is 11.3 Å². The van der Waals surface area contributed by atoms with Crippen molar-refractivity contribution in [3.63, 3.8) is 0 Å². The van der Waals surface area contributed by atoms with Crippen LogP contribution >= 0.6 is 11.3 Å². The molecule has 106 valence electrons. The van der Waals surface area contributed by atoms with Crippen molar-refractivity contribution < 1.29 is 4.39 Å². The maximum Gasteiger partial charge on any atom is 0.123 e. The van der Waals surface area contributed by atoms with E-state index in [4.69, 9.17) is 4.98 Å². The van der Waals surface area contributed by atoms with Crippen molar-refractivity contribution in [2.45, 2.75) is 45.2 Å². The first-order chi connectivity index (χ1) is 9.76. The Hall–Kier alpha value is -1.26. The van der Waals surface area contributed by atoms with Gasteiger partial charge in [-0.1, -0.05) is 13.3 Å². The van der Waals surface area contributed by atoms with Crippen molar-refractivity contribution in [2.24, 2.45) is 0 Å². The highest BCUT2D eigenvalue weighted by Gasteiger charge is 2.21. The minimum atomic E-state index is -0.199. The van der Waals surface area contributed by atoms with Crippen LogP contribution in [-0.4, -0.2) is 11.0 Å². The molecule has 1 aliphatic rings. The van der Waals surface area contributed by atoms with Crippen LogP contribution in [0.25, 0.3) is 10.6 Å². The first-order valence-electron chi connectivity index (χ1n) is 7.24. The lowest BCUT2D eigenvalue weighted by molar-refractivity contribution is 0.628. The summed E-state index contributed by atoms with van der Waals surface area (Å²) in [6.45, 7) is 3.09. The van der Waals surface area contributed by atoms with Crippen LogP contribution < -0.4 is 5.32 Å². The van der Waals surface area contributed by atoms with Gasteiger partial charge in [0.25, 0.3) is 0 Å². The van der Waals surface area contributed by atoms with Gasteiger partial charge in [0.15, 0.2) is 0 Å². The predicted molar refractivity (Wildman–Crippen MR) is 81.4 cm³/mol. The summed E-state index contributed by atoms with van der Waals surface area (Å²) in [5.41, 5.74) is 2.21. The monoisotopic (exact) mass is 290 g/mol. The van der Waals surface area contributed by atoms with Gasteiger partial charge in [0, 0.05) is 23.0 Å². The van der Waals surface area contributed by atoms with Crippen LogP contribution in [0.5, 0.6) is 0 Å². The van der Waals surface area contributed by atoms with E-state index in [1.165, 1.54) is 35.5 Å². The van der Waals surface area contributed by atoms with Gasteiger partial charge >= 0.3 is 0 Å². The Balaban J connectivity index is 1.82. The molecule has 0 atom stereocenters. The normalized spacial score (nSPS) is 14.7. The molecule has 2 nitrogen and oxygen atoms in total. The molecular weight excluding hydrogens is 271 g/mol. The quantitative estimate of drug-likeness (QED) is 0.864. The number of thiazole rings is 1. The lowest BCUT2D eigenvalue weighted by Crippen LogP contribution is -2.15. The molecule has 0 unspecified atom stereocenters. The molecule has 4 heteroatoms. The van der Waals surface area contributed by atoms with Crippen molar-refractivity contribution in [1.82, 2.24) is 10.3 Å². The summed E-state index contributed by atoms with van der Waals surface area (Å²) in [5, 5.41) is 4.56. The van der Waals surface area contributed by atoms with Crippen LogP contribution in [0.2, 0.25) is 0 Å². The molecule has 0 aliphatic heterocycles.